The highest BCUT2D eigenvalue weighted by molar-refractivity contribution is 6.01. The Labute approximate surface area is 194 Å². The van der Waals surface area contributed by atoms with Gasteiger partial charge in [-0.2, -0.15) is 0 Å². The Kier molecular flexibility index (Phi) is 16.1. The van der Waals surface area contributed by atoms with Crippen LogP contribution < -0.4 is 5.32 Å². The smallest absolute Gasteiger partial charge is 0.333 e. The molecular weight excluding hydrogens is 440 g/mol. The number of hydroxylamine groups is 2. The van der Waals surface area contributed by atoms with Crippen LogP contribution in [0.1, 0.15) is 38.5 Å². The molecule has 0 aromatic rings. The van der Waals surface area contributed by atoms with Gasteiger partial charge < -0.3 is 33.8 Å². The van der Waals surface area contributed by atoms with Gasteiger partial charge in [-0.3, -0.25) is 14.4 Å². The SMILES string of the molecule is COCCOCC(COCCCNC(=O)CCCC(=O)ON1C(=O)CCC1=O)OCCOC. The van der Waals surface area contributed by atoms with Crippen LogP contribution in [0, 0.1) is 0 Å². The molecule has 190 valence electrons. The van der Waals surface area contributed by atoms with E-state index in [1.165, 1.54) is 0 Å². The van der Waals surface area contributed by atoms with Gasteiger partial charge in [0.2, 0.25) is 5.91 Å². The van der Waals surface area contributed by atoms with Crippen LogP contribution >= 0.6 is 0 Å². The summed E-state index contributed by atoms with van der Waals surface area (Å²) < 4.78 is 26.7. The minimum Gasteiger partial charge on any atom is -0.382 e. The lowest BCUT2D eigenvalue weighted by atomic mass is 10.2. The number of imide groups is 1. The summed E-state index contributed by atoms with van der Waals surface area (Å²) in [6.07, 6.45) is 0.793. The third kappa shape index (κ3) is 13.9. The number of carbonyl (C=O) groups excluding carboxylic acids is 4. The van der Waals surface area contributed by atoms with E-state index in [2.05, 4.69) is 5.32 Å². The van der Waals surface area contributed by atoms with Crippen molar-refractivity contribution < 1.29 is 47.7 Å². The van der Waals surface area contributed by atoms with E-state index >= 15 is 0 Å². The first-order chi connectivity index (χ1) is 16.0. The summed E-state index contributed by atoms with van der Waals surface area (Å²) >= 11 is 0. The zero-order valence-corrected chi connectivity index (χ0v) is 19.5. The molecule has 1 fully saturated rings. The summed E-state index contributed by atoms with van der Waals surface area (Å²) in [5.74, 6) is -1.98. The summed E-state index contributed by atoms with van der Waals surface area (Å²) in [6.45, 7) is 3.50. The third-order valence-corrected chi connectivity index (χ3v) is 4.45. The highest BCUT2D eigenvalue weighted by Gasteiger charge is 2.32. The monoisotopic (exact) mass is 476 g/mol. The van der Waals surface area contributed by atoms with Crippen molar-refractivity contribution in [3.8, 4) is 0 Å². The number of nitrogens with one attached hydrogen (secondary N) is 1. The Balaban J connectivity index is 2.07. The lowest BCUT2D eigenvalue weighted by molar-refractivity contribution is -0.197. The molecule has 1 heterocycles. The number of amides is 3. The topological polar surface area (TPSA) is 139 Å². The fraction of sp³-hybridized carbons (Fsp3) is 0.810. The first kappa shape index (κ1) is 28.9. The molecule has 0 aromatic carbocycles. The largest absolute Gasteiger partial charge is 0.382 e. The van der Waals surface area contributed by atoms with E-state index in [-0.39, 0.29) is 44.1 Å². The molecule has 0 aromatic heterocycles. The molecule has 0 bridgehead atoms. The van der Waals surface area contributed by atoms with Gasteiger partial charge in [0.15, 0.2) is 0 Å². The second-order valence-corrected chi connectivity index (χ2v) is 7.23. The van der Waals surface area contributed by atoms with Gasteiger partial charge in [-0.1, -0.05) is 0 Å². The molecule has 1 atom stereocenters. The molecule has 1 N–H and O–H groups in total. The first-order valence-corrected chi connectivity index (χ1v) is 11.1. The molecule has 33 heavy (non-hydrogen) atoms. The van der Waals surface area contributed by atoms with Crippen LogP contribution in [0.4, 0.5) is 0 Å². The first-order valence-electron chi connectivity index (χ1n) is 11.1. The molecule has 0 saturated carbocycles. The number of rotatable bonds is 20. The van der Waals surface area contributed by atoms with Gasteiger partial charge in [0.1, 0.15) is 6.10 Å². The maximum atomic E-state index is 11.9. The van der Waals surface area contributed by atoms with Crippen LogP contribution in [-0.4, -0.2) is 102 Å². The normalized spacial score (nSPS) is 14.5. The number of ether oxygens (including phenoxy) is 5. The fourth-order valence-corrected chi connectivity index (χ4v) is 2.70. The Morgan fingerprint density at radius 3 is 2.18 bits per heavy atom. The Morgan fingerprint density at radius 1 is 0.879 bits per heavy atom. The predicted octanol–water partition coefficient (Wildman–Crippen LogP) is -0.0186. The van der Waals surface area contributed by atoms with Crippen molar-refractivity contribution in [2.45, 2.75) is 44.6 Å². The van der Waals surface area contributed by atoms with E-state index < -0.39 is 17.8 Å². The van der Waals surface area contributed by atoms with Crippen LogP contribution in [0.25, 0.3) is 0 Å². The Morgan fingerprint density at radius 2 is 1.52 bits per heavy atom. The van der Waals surface area contributed by atoms with Gasteiger partial charge in [-0.05, 0) is 12.8 Å². The van der Waals surface area contributed by atoms with E-state index in [9.17, 15) is 19.2 Å². The van der Waals surface area contributed by atoms with Gasteiger partial charge in [0.25, 0.3) is 11.8 Å². The van der Waals surface area contributed by atoms with Crippen molar-refractivity contribution in [3.63, 3.8) is 0 Å². The molecule has 1 unspecified atom stereocenters. The highest BCUT2D eigenvalue weighted by Crippen LogP contribution is 2.13. The lowest BCUT2D eigenvalue weighted by Crippen LogP contribution is -2.32. The van der Waals surface area contributed by atoms with Crippen LogP contribution in [0.5, 0.6) is 0 Å². The van der Waals surface area contributed by atoms with Crippen LogP contribution in [0.2, 0.25) is 0 Å². The van der Waals surface area contributed by atoms with Gasteiger partial charge in [0, 0.05) is 53.1 Å². The second-order valence-electron chi connectivity index (χ2n) is 7.23. The summed E-state index contributed by atoms with van der Waals surface area (Å²) in [4.78, 5) is 51.1. The van der Waals surface area contributed by atoms with Crippen molar-refractivity contribution in [1.29, 1.82) is 0 Å². The van der Waals surface area contributed by atoms with E-state index in [1.807, 2.05) is 0 Å². The maximum absolute atomic E-state index is 11.9. The van der Waals surface area contributed by atoms with Crippen molar-refractivity contribution >= 4 is 23.7 Å². The van der Waals surface area contributed by atoms with Gasteiger partial charge >= 0.3 is 5.97 Å². The molecule has 12 nitrogen and oxygen atoms in total. The summed E-state index contributed by atoms with van der Waals surface area (Å²) in [7, 11) is 3.20. The van der Waals surface area contributed by atoms with Crippen molar-refractivity contribution in [2.75, 3.05) is 67.0 Å². The van der Waals surface area contributed by atoms with Gasteiger partial charge in [0.05, 0.1) is 39.6 Å². The number of hydrogen-bond acceptors (Lipinski definition) is 10. The van der Waals surface area contributed by atoms with E-state index in [4.69, 9.17) is 28.5 Å². The summed E-state index contributed by atoms with van der Waals surface area (Å²) in [5, 5.41) is 3.25. The zero-order valence-electron chi connectivity index (χ0n) is 19.5. The minimum absolute atomic E-state index is 0.0435. The lowest BCUT2D eigenvalue weighted by Gasteiger charge is -2.18. The second kappa shape index (κ2) is 18.3. The average Bonchev–Trinajstić information content (AvgIpc) is 3.10. The fourth-order valence-electron chi connectivity index (χ4n) is 2.70. The molecule has 1 rings (SSSR count). The molecule has 0 aliphatic carbocycles. The number of nitrogens with zero attached hydrogens (tertiary/aromatic N) is 1. The van der Waals surface area contributed by atoms with Gasteiger partial charge in [-0.15, -0.1) is 5.06 Å². The highest BCUT2D eigenvalue weighted by atomic mass is 16.7. The molecular formula is C21H36N2O10. The third-order valence-electron chi connectivity index (χ3n) is 4.45. The van der Waals surface area contributed by atoms with Crippen molar-refractivity contribution in [1.82, 2.24) is 10.4 Å². The van der Waals surface area contributed by atoms with E-state index in [0.29, 0.717) is 64.3 Å². The molecule has 1 aliphatic rings. The van der Waals surface area contributed by atoms with Crippen molar-refractivity contribution in [3.05, 3.63) is 0 Å². The zero-order chi connectivity index (χ0) is 24.3. The number of hydrogen-bond donors (Lipinski definition) is 1. The number of methoxy groups -OCH3 is 2. The standard InChI is InChI=1S/C21H36N2O10/c1-28-11-13-31-16-17(32-14-12-29-2)15-30-10-4-9-22-18(24)5-3-6-21(27)33-23-19(25)7-8-20(23)26/h17H,3-16H2,1-2H3,(H,22,24). The summed E-state index contributed by atoms with van der Waals surface area (Å²) in [5.41, 5.74) is 0. The van der Waals surface area contributed by atoms with Crippen molar-refractivity contribution in [2.24, 2.45) is 0 Å². The average molecular weight is 477 g/mol. The van der Waals surface area contributed by atoms with Crippen LogP contribution in [0.15, 0.2) is 0 Å². The number of carbonyl (C=O) groups is 4. The maximum Gasteiger partial charge on any atom is 0.333 e. The van der Waals surface area contributed by atoms with Gasteiger partial charge in [-0.25, -0.2) is 4.79 Å². The Hall–Kier alpha value is -2.12. The molecule has 1 aliphatic heterocycles. The van der Waals surface area contributed by atoms with Crippen LogP contribution in [0.3, 0.4) is 0 Å². The molecule has 0 spiro atoms. The molecule has 0 radical (unpaired) electrons. The predicted molar refractivity (Wildman–Crippen MR) is 114 cm³/mol. The minimum atomic E-state index is -0.715. The molecule has 1 saturated heterocycles. The summed E-state index contributed by atoms with van der Waals surface area (Å²) in [6, 6.07) is 0. The quantitative estimate of drug-likeness (QED) is 0.188. The van der Waals surface area contributed by atoms with E-state index in [1.54, 1.807) is 14.2 Å². The Bertz CT molecular complexity index is 586. The van der Waals surface area contributed by atoms with Crippen LogP contribution in [-0.2, 0) is 47.7 Å². The molecule has 12 heteroatoms. The van der Waals surface area contributed by atoms with E-state index in [0.717, 1.165) is 0 Å². The molecule has 3 amide bonds.